The van der Waals surface area contributed by atoms with Crippen molar-refractivity contribution in [1.29, 1.82) is 0 Å². The molecule has 1 saturated carbocycles. The third kappa shape index (κ3) is 3.53. The number of aromatic nitrogens is 6. The van der Waals surface area contributed by atoms with E-state index in [-0.39, 0.29) is 0 Å². The molecule has 9 nitrogen and oxygen atoms in total. The number of nitrogens with zero attached hydrogens (tertiary/aromatic N) is 4. The number of nitrogens with one attached hydrogen (secondary N) is 3. The quantitative estimate of drug-likeness (QED) is 0.257. The second kappa shape index (κ2) is 7.78. The topological polar surface area (TPSA) is 129 Å². The number of benzene rings is 1. The molecule has 0 spiro atoms. The molecule has 0 amide bonds. The number of aliphatic hydroxyl groups is 1. The van der Waals surface area contributed by atoms with E-state index in [4.69, 9.17) is 9.40 Å². The summed E-state index contributed by atoms with van der Waals surface area (Å²) < 4.78 is 5.25. The number of H-pyrrole nitrogens is 2. The first-order chi connectivity index (χ1) is 17.2. The van der Waals surface area contributed by atoms with Gasteiger partial charge in [-0.1, -0.05) is 6.07 Å². The Morgan fingerprint density at radius 1 is 0.971 bits per heavy atom. The largest absolute Gasteiger partial charge is 0.472 e. The van der Waals surface area contributed by atoms with Crippen molar-refractivity contribution in [3.05, 3.63) is 67.6 Å². The molecule has 1 aromatic carbocycles. The van der Waals surface area contributed by atoms with Crippen LogP contribution in [0.1, 0.15) is 12.8 Å². The number of anilines is 1. The van der Waals surface area contributed by atoms with Crippen molar-refractivity contribution < 1.29 is 9.52 Å². The molecule has 1 atom stereocenters. The normalized spacial score (nSPS) is 14.5. The zero-order valence-electron chi connectivity index (χ0n) is 18.6. The van der Waals surface area contributed by atoms with Gasteiger partial charge in [0.15, 0.2) is 5.82 Å². The Bertz CT molecular complexity index is 1660. The first-order valence-electron chi connectivity index (χ1n) is 11.5. The Labute approximate surface area is 199 Å². The summed E-state index contributed by atoms with van der Waals surface area (Å²) in [7, 11) is 0. The van der Waals surface area contributed by atoms with Gasteiger partial charge in [0, 0.05) is 40.4 Å². The summed E-state index contributed by atoms with van der Waals surface area (Å²) in [4.78, 5) is 17.0. The predicted molar refractivity (Wildman–Crippen MR) is 132 cm³/mol. The Hall–Kier alpha value is -4.50. The van der Waals surface area contributed by atoms with Crippen LogP contribution in [0.25, 0.3) is 55.7 Å². The predicted octanol–water partition coefficient (Wildman–Crippen LogP) is 4.96. The highest BCUT2D eigenvalue weighted by Gasteiger charge is 2.29. The van der Waals surface area contributed by atoms with Gasteiger partial charge >= 0.3 is 0 Å². The molecule has 35 heavy (non-hydrogen) atoms. The van der Waals surface area contributed by atoms with E-state index in [1.807, 2.05) is 30.5 Å². The summed E-state index contributed by atoms with van der Waals surface area (Å²) in [6.45, 7) is 0. The van der Waals surface area contributed by atoms with Crippen LogP contribution in [-0.2, 0) is 0 Å². The molecule has 7 rings (SSSR count). The molecule has 1 unspecified atom stereocenters. The molecule has 1 aliphatic rings. The number of rotatable bonds is 6. The van der Waals surface area contributed by atoms with Crippen molar-refractivity contribution in [2.45, 2.75) is 19.1 Å². The Kier molecular flexibility index (Phi) is 4.43. The zero-order chi connectivity index (χ0) is 23.4. The lowest BCUT2D eigenvalue weighted by Crippen LogP contribution is -2.20. The van der Waals surface area contributed by atoms with Crippen LogP contribution in [0, 0.1) is 5.92 Å². The second-order valence-corrected chi connectivity index (χ2v) is 8.90. The standard InChI is InChI=1S/C26H21N7O2/c34-26(14-1-2-14)29-18-7-17(9-27-10-18)15-3-4-21-19(8-15)24(33-32-21)25-30-22-12-28-11-20(23(22)31-25)16-5-6-35-13-16/h3-14,26,29,34H,1-2H2,(H,30,31)(H,32,33). The van der Waals surface area contributed by atoms with Crippen LogP contribution in [0.3, 0.4) is 0 Å². The van der Waals surface area contributed by atoms with Crippen LogP contribution in [0.15, 0.2) is 72.1 Å². The number of fused-ring (bicyclic) bond motifs is 2. The van der Waals surface area contributed by atoms with E-state index >= 15 is 0 Å². The summed E-state index contributed by atoms with van der Waals surface area (Å²) >= 11 is 0. The first-order valence-corrected chi connectivity index (χ1v) is 11.5. The maximum absolute atomic E-state index is 10.2. The summed E-state index contributed by atoms with van der Waals surface area (Å²) in [6.07, 6.45) is 12.0. The van der Waals surface area contributed by atoms with Gasteiger partial charge in [0.1, 0.15) is 17.4 Å². The van der Waals surface area contributed by atoms with E-state index in [1.54, 1.807) is 31.1 Å². The van der Waals surface area contributed by atoms with E-state index in [2.05, 4.69) is 36.5 Å². The Morgan fingerprint density at radius 3 is 2.74 bits per heavy atom. The summed E-state index contributed by atoms with van der Waals surface area (Å²) in [5, 5.41) is 22.0. The van der Waals surface area contributed by atoms with Crippen molar-refractivity contribution in [2.75, 3.05) is 5.32 Å². The molecule has 5 aromatic heterocycles. The van der Waals surface area contributed by atoms with E-state index in [0.717, 1.165) is 68.4 Å². The van der Waals surface area contributed by atoms with Crippen molar-refractivity contribution in [3.8, 4) is 33.8 Å². The van der Waals surface area contributed by atoms with Gasteiger partial charge in [-0.2, -0.15) is 5.10 Å². The fourth-order valence-electron chi connectivity index (χ4n) is 4.43. The average Bonchev–Trinajstić information content (AvgIpc) is 3.26. The minimum absolute atomic E-state index is 0.330. The minimum Gasteiger partial charge on any atom is -0.472 e. The van der Waals surface area contributed by atoms with Crippen LogP contribution >= 0.6 is 0 Å². The fraction of sp³-hybridized carbons (Fsp3) is 0.154. The molecule has 6 aromatic rings. The Morgan fingerprint density at radius 2 is 1.89 bits per heavy atom. The van der Waals surface area contributed by atoms with Gasteiger partial charge < -0.3 is 19.8 Å². The summed E-state index contributed by atoms with van der Waals surface area (Å²) in [5.41, 5.74) is 7.81. The van der Waals surface area contributed by atoms with Crippen molar-refractivity contribution in [2.24, 2.45) is 5.92 Å². The van der Waals surface area contributed by atoms with Crippen LogP contribution in [0.2, 0.25) is 0 Å². The van der Waals surface area contributed by atoms with Crippen LogP contribution in [-0.4, -0.2) is 41.5 Å². The van der Waals surface area contributed by atoms with E-state index in [0.29, 0.717) is 11.7 Å². The van der Waals surface area contributed by atoms with E-state index in [9.17, 15) is 5.11 Å². The maximum Gasteiger partial charge on any atom is 0.159 e. The molecule has 5 heterocycles. The third-order valence-corrected chi connectivity index (χ3v) is 6.47. The monoisotopic (exact) mass is 463 g/mol. The summed E-state index contributed by atoms with van der Waals surface area (Å²) in [5.74, 6) is 0.985. The number of pyridine rings is 2. The molecule has 0 bridgehead atoms. The van der Waals surface area contributed by atoms with Gasteiger partial charge in [-0.3, -0.25) is 15.1 Å². The highest BCUT2D eigenvalue weighted by Crippen LogP contribution is 2.35. The van der Waals surface area contributed by atoms with Crippen molar-refractivity contribution in [3.63, 3.8) is 0 Å². The van der Waals surface area contributed by atoms with Gasteiger partial charge in [0.05, 0.1) is 41.6 Å². The molecular formula is C26H21N7O2. The Balaban J connectivity index is 1.28. The molecule has 1 aliphatic carbocycles. The molecule has 0 aliphatic heterocycles. The molecule has 172 valence electrons. The first kappa shape index (κ1) is 19.9. The minimum atomic E-state index is -0.537. The number of hydrogen-bond acceptors (Lipinski definition) is 7. The zero-order valence-corrected chi connectivity index (χ0v) is 18.6. The average molecular weight is 464 g/mol. The van der Waals surface area contributed by atoms with E-state index < -0.39 is 6.23 Å². The highest BCUT2D eigenvalue weighted by molar-refractivity contribution is 5.98. The maximum atomic E-state index is 10.2. The van der Waals surface area contributed by atoms with Crippen molar-refractivity contribution in [1.82, 2.24) is 30.1 Å². The van der Waals surface area contributed by atoms with Gasteiger partial charge in [0.2, 0.25) is 0 Å². The third-order valence-electron chi connectivity index (χ3n) is 6.47. The molecule has 9 heteroatoms. The van der Waals surface area contributed by atoms with Gasteiger partial charge in [-0.05, 0) is 42.7 Å². The number of hydrogen-bond donors (Lipinski definition) is 4. The number of aromatic amines is 2. The van der Waals surface area contributed by atoms with Gasteiger partial charge in [0.25, 0.3) is 0 Å². The number of furan rings is 1. The lowest BCUT2D eigenvalue weighted by atomic mass is 10.0. The van der Waals surface area contributed by atoms with Crippen LogP contribution < -0.4 is 5.32 Å². The SMILES string of the molecule is OC(Nc1cncc(-c2ccc3[nH]nc(-c4nc5c(-c6ccoc6)cncc5[nH]4)c3c2)c1)C1CC1. The molecule has 0 saturated heterocycles. The number of imidazole rings is 1. The molecule has 0 radical (unpaired) electrons. The lowest BCUT2D eigenvalue weighted by Gasteiger charge is -2.13. The van der Waals surface area contributed by atoms with E-state index in [1.165, 1.54) is 0 Å². The molecule has 4 N–H and O–H groups in total. The van der Waals surface area contributed by atoms with Gasteiger partial charge in [-0.15, -0.1) is 0 Å². The molecular weight excluding hydrogens is 442 g/mol. The smallest absolute Gasteiger partial charge is 0.159 e. The highest BCUT2D eigenvalue weighted by atomic mass is 16.3. The number of aliphatic hydroxyl groups excluding tert-OH is 1. The lowest BCUT2D eigenvalue weighted by molar-refractivity contribution is 0.180. The van der Waals surface area contributed by atoms with Crippen LogP contribution in [0.4, 0.5) is 5.69 Å². The second-order valence-electron chi connectivity index (χ2n) is 8.90. The van der Waals surface area contributed by atoms with Gasteiger partial charge in [-0.25, -0.2) is 4.98 Å². The van der Waals surface area contributed by atoms with Crippen LogP contribution in [0.5, 0.6) is 0 Å². The summed E-state index contributed by atoms with van der Waals surface area (Å²) in [6, 6.07) is 10.0. The van der Waals surface area contributed by atoms with Crippen molar-refractivity contribution >= 4 is 27.6 Å². The fourth-order valence-corrected chi connectivity index (χ4v) is 4.43. The molecule has 1 fully saturated rings.